The molecule has 2 aliphatic heterocycles. The van der Waals surface area contributed by atoms with Crippen molar-refractivity contribution in [3.8, 4) is 0 Å². The highest BCUT2D eigenvalue weighted by atomic mass is 127. The van der Waals surface area contributed by atoms with Crippen LogP contribution in [0.3, 0.4) is 0 Å². The maximum absolute atomic E-state index is 6.32. The lowest BCUT2D eigenvalue weighted by Crippen LogP contribution is -2.45. The van der Waals surface area contributed by atoms with Gasteiger partial charge in [0, 0.05) is 43.8 Å². The lowest BCUT2D eigenvalue weighted by atomic mass is 9.96. The van der Waals surface area contributed by atoms with Gasteiger partial charge in [-0.25, -0.2) is 0 Å². The standard InChI is InChI=1S/C23H38ClN5O.HI/c1-3-25-23(26-16-19(2)29-12-14-30-15-13-29)27-17-20-8-10-28(11-9-20)18-21-6-4-5-7-22(21)24;/h4-7,19-20H,3,8-18H2,1-2H3,(H2,25,26,27);1H. The second-order valence-corrected chi connectivity index (χ2v) is 8.82. The van der Waals surface area contributed by atoms with Gasteiger partial charge < -0.3 is 15.4 Å². The first-order valence-electron chi connectivity index (χ1n) is 11.5. The predicted octanol–water partition coefficient (Wildman–Crippen LogP) is 3.45. The molecule has 6 nitrogen and oxygen atoms in total. The van der Waals surface area contributed by atoms with Crippen molar-refractivity contribution in [2.75, 3.05) is 59.0 Å². The molecule has 0 bridgehead atoms. The third-order valence-electron chi connectivity index (χ3n) is 6.14. The van der Waals surface area contributed by atoms with Crippen LogP contribution in [0.5, 0.6) is 0 Å². The number of likely N-dealkylation sites (tertiary alicyclic amines) is 1. The van der Waals surface area contributed by atoms with Crippen LogP contribution in [0, 0.1) is 5.92 Å². The maximum atomic E-state index is 6.32. The normalized spacial score (nSPS) is 20.2. The fourth-order valence-electron chi connectivity index (χ4n) is 4.16. The van der Waals surface area contributed by atoms with E-state index < -0.39 is 0 Å². The molecule has 1 unspecified atom stereocenters. The number of guanidine groups is 1. The third-order valence-corrected chi connectivity index (χ3v) is 6.51. The number of morpholine rings is 1. The Morgan fingerprint density at radius 1 is 1.16 bits per heavy atom. The molecule has 1 aromatic rings. The lowest BCUT2D eigenvalue weighted by Gasteiger charge is -2.33. The average molecular weight is 564 g/mol. The van der Waals surface area contributed by atoms with Gasteiger partial charge in [0.05, 0.1) is 19.8 Å². The summed E-state index contributed by atoms with van der Waals surface area (Å²) in [6.45, 7) is 13.9. The minimum atomic E-state index is 0. The van der Waals surface area contributed by atoms with E-state index in [-0.39, 0.29) is 24.0 Å². The zero-order valence-corrected chi connectivity index (χ0v) is 22.1. The van der Waals surface area contributed by atoms with Crippen molar-refractivity contribution < 1.29 is 4.74 Å². The van der Waals surface area contributed by atoms with Crippen LogP contribution in [-0.4, -0.2) is 80.8 Å². The summed E-state index contributed by atoms with van der Waals surface area (Å²) in [5.41, 5.74) is 1.23. The maximum Gasteiger partial charge on any atom is 0.191 e. The van der Waals surface area contributed by atoms with Gasteiger partial charge in [-0.2, -0.15) is 0 Å². The van der Waals surface area contributed by atoms with Gasteiger partial charge in [-0.15, -0.1) is 24.0 Å². The SMILES string of the molecule is CCNC(=NCC(C)N1CCOCC1)NCC1CCN(Cc2ccccc2Cl)CC1.I. The highest BCUT2D eigenvalue weighted by molar-refractivity contribution is 14.0. The number of piperidine rings is 1. The lowest BCUT2D eigenvalue weighted by molar-refractivity contribution is 0.0220. The van der Waals surface area contributed by atoms with Gasteiger partial charge in [0.1, 0.15) is 0 Å². The van der Waals surface area contributed by atoms with Crippen LogP contribution in [0.1, 0.15) is 32.3 Å². The molecule has 3 rings (SSSR count). The summed E-state index contributed by atoms with van der Waals surface area (Å²) in [5.74, 6) is 1.63. The highest BCUT2D eigenvalue weighted by Gasteiger charge is 2.20. The van der Waals surface area contributed by atoms with Crippen molar-refractivity contribution in [2.24, 2.45) is 10.9 Å². The molecule has 0 amide bonds. The number of rotatable bonds is 8. The second-order valence-electron chi connectivity index (χ2n) is 8.41. The zero-order chi connectivity index (χ0) is 21.2. The van der Waals surface area contributed by atoms with Crippen molar-refractivity contribution >= 4 is 41.5 Å². The van der Waals surface area contributed by atoms with Crippen LogP contribution in [-0.2, 0) is 11.3 Å². The number of hydrogen-bond acceptors (Lipinski definition) is 4. The summed E-state index contributed by atoms with van der Waals surface area (Å²) in [7, 11) is 0. The van der Waals surface area contributed by atoms with E-state index in [2.05, 4.69) is 46.4 Å². The Kier molecular flexibility index (Phi) is 12.5. The van der Waals surface area contributed by atoms with E-state index in [4.69, 9.17) is 21.3 Å². The first-order valence-corrected chi connectivity index (χ1v) is 11.8. The van der Waals surface area contributed by atoms with Crippen molar-refractivity contribution in [1.29, 1.82) is 0 Å². The molecule has 2 heterocycles. The van der Waals surface area contributed by atoms with Crippen LogP contribution in [0.25, 0.3) is 0 Å². The molecular weight excluding hydrogens is 525 g/mol. The first-order chi connectivity index (χ1) is 14.7. The van der Waals surface area contributed by atoms with E-state index in [1.54, 1.807) is 0 Å². The molecule has 176 valence electrons. The highest BCUT2D eigenvalue weighted by Crippen LogP contribution is 2.22. The van der Waals surface area contributed by atoms with E-state index in [1.165, 1.54) is 18.4 Å². The molecule has 0 aromatic heterocycles. The molecule has 2 fully saturated rings. The van der Waals surface area contributed by atoms with E-state index in [0.717, 1.165) is 76.6 Å². The predicted molar refractivity (Wildman–Crippen MR) is 141 cm³/mol. The fraction of sp³-hybridized carbons (Fsp3) is 0.696. The van der Waals surface area contributed by atoms with Crippen molar-refractivity contribution in [2.45, 2.75) is 39.3 Å². The van der Waals surface area contributed by atoms with Gasteiger partial charge in [0.25, 0.3) is 0 Å². The molecule has 0 radical (unpaired) electrons. The summed E-state index contributed by atoms with van der Waals surface area (Å²) in [5, 5.41) is 7.85. The first kappa shape index (κ1) is 26.6. The van der Waals surface area contributed by atoms with E-state index in [1.807, 2.05) is 12.1 Å². The van der Waals surface area contributed by atoms with E-state index in [0.29, 0.717) is 12.0 Å². The smallest absolute Gasteiger partial charge is 0.191 e. The van der Waals surface area contributed by atoms with E-state index >= 15 is 0 Å². The number of nitrogens with zero attached hydrogens (tertiary/aromatic N) is 3. The van der Waals surface area contributed by atoms with Crippen molar-refractivity contribution in [3.05, 3.63) is 34.9 Å². The molecule has 1 aromatic carbocycles. The van der Waals surface area contributed by atoms with Crippen LogP contribution in [0.15, 0.2) is 29.3 Å². The van der Waals surface area contributed by atoms with Gasteiger partial charge in [-0.1, -0.05) is 29.8 Å². The summed E-state index contributed by atoms with van der Waals surface area (Å²) in [6, 6.07) is 8.62. The number of nitrogens with one attached hydrogen (secondary N) is 2. The minimum absolute atomic E-state index is 0. The molecule has 8 heteroatoms. The quantitative estimate of drug-likeness (QED) is 0.288. The Labute approximate surface area is 210 Å². The topological polar surface area (TPSA) is 52.1 Å². The largest absolute Gasteiger partial charge is 0.379 e. The van der Waals surface area contributed by atoms with Crippen LogP contribution >= 0.6 is 35.6 Å². The molecule has 1 atom stereocenters. The number of halogens is 2. The van der Waals surface area contributed by atoms with Gasteiger partial charge in [0.2, 0.25) is 0 Å². The van der Waals surface area contributed by atoms with Crippen LogP contribution in [0.4, 0.5) is 0 Å². The Morgan fingerprint density at radius 3 is 2.55 bits per heavy atom. The monoisotopic (exact) mass is 563 g/mol. The molecule has 0 aliphatic carbocycles. The summed E-state index contributed by atoms with van der Waals surface area (Å²) in [4.78, 5) is 9.82. The van der Waals surface area contributed by atoms with Gasteiger partial charge in [-0.05, 0) is 57.3 Å². The number of benzene rings is 1. The summed E-state index contributed by atoms with van der Waals surface area (Å²) < 4.78 is 5.45. The molecular formula is C23H39ClIN5O. The van der Waals surface area contributed by atoms with Crippen LogP contribution in [0.2, 0.25) is 5.02 Å². The molecule has 2 aliphatic rings. The Hall–Kier alpha value is -0.610. The number of hydrogen-bond donors (Lipinski definition) is 2. The zero-order valence-electron chi connectivity index (χ0n) is 19.0. The average Bonchev–Trinajstić information content (AvgIpc) is 2.78. The molecule has 2 N–H and O–H groups in total. The Morgan fingerprint density at radius 2 is 1.87 bits per heavy atom. The molecule has 0 saturated carbocycles. The van der Waals surface area contributed by atoms with Crippen LogP contribution < -0.4 is 10.6 Å². The van der Waals surface area contributed by atoms with Crippen molar-refractivity contribution in [1.82, 2.24) is 20.4 Å². The summed E-state index contributed by atoms with van der Waals surface area (Å²) in [6.07, 6.45) is 2.42. The molecule has 31 heavy (non-hydrogen) atoms. The summed E-state index contributed by atoms with van der Waals surface area (Å²) >= 11 is 6.32. The molecule has 2 saturated heterocycles. The van der Waals surface area contributed by atoms with Gasteiger partial charge in [0.15, 0.2) is 5.96 Å². The Balaban J connectivity index is 0.00000341. The number of aliphatic imine (C=N–C) groups is 1. The Bertz CT molecular complexity index is 663. The minimum Gasteiger partial charge on any atom is -0.379 e. The fourth-order valence-corrected chi connectivity index (χ4v) is 4.35. The second kappa shape index (κ2) is 14.5. The van der Waals surface area contributed by atoms with E-state index in [9.17, 15) is 0 Å². The third kappa shape index (κ3) is 9.04. The van der Waals surface area contributed by atoms with Crippen molar-refractivity contribution in [3.63, 3.8) is 0 Å². The number of ether oxygens (including phenoxy) is 1. The molecule has 0 spiro atoms. The van der Waals surface area contributed by atoms with Gasteiger partial charge >= 0.3 is 0 Å². The van der Waals surface area contributed by atoms with Gasteiger partial charge in [-0.3, -0.25) is 14.8 Å².